The molecule has 144 valence electrons. The van der Waals surface area contributed by atoms with Crippen LogP contribution in [-0.4, -0.2) is 36.2 Å². The summed E-state index contributed by atoms with van der Waals surface area (Å²) in [4.78, 5) is 34.9. The number of cyclic esters (lactones) is 1. The summed E-state index contributed by atoms with van der Waals surface area (Å²) in [5, 5.41) is 0. The van der Waals surface area contributed by atoms with E-state index in [2.05, 4.69) is 12.2 Å². The van der Waals surface area contributed by atoms with Gasteiger partial charge in [-0.25, -0.2) is 4.79 Å². The molecule has 0 bridgehead atoms. The van der Waals surface area contributed by atoms with Gasteiger partial charge >= 0.3 is 17.9 Å². The maximum atomic E-state index is 12.0. The summed E-state index contributed by atoms with van der Waals surface area (Å²) in [6.07, 6.45) is 10.1. The lowest BCUT2D eigenvalue weighted by Crippen LogP contribution is -2.27. The second-order valence-corrected chi connectivity index (χ2v) is 7.07. The number of carbonyl (C=O) groups is 3. The van der Waals surface area contributed by atoms with Gasteiger partial charge in [-0.2, -0.15) is 0 Å². The van der Waals surface area contributed by atoms with Crippen LogP contribution in [0.1, 0.15) is 52.9 Å². The number of hydrogen-bond acceptors (Lipinski definition) is 6. The smallest absolute Gasteiger partial charge is 0.330 e. The van der Waals surface area contributed by atoms with Crippen molar-refractivity contribution in [2.45, 2.75) is 71.2 Å². The summed E-state index contributed by atoms with van der Waals surface area (Å²) in [5.74, 6) is -1.11. The summed E-state index contributed by atoms with van der Waals surface area (Å²) >= 11 is 0. The first-order valence-electron chi connectivity index (χ1n) is 9.25. The molecule has 1 fully saturated rings. The minimum Gasteiger partial charge on any atom is -0.463 e. The number of rotatable bonds is 2. The van der Waals surface area contributed by atoms with Gasteiger partial charge in [0.25, 0.3) is 0 Å². The van der Waals surface area contributed by atoms with Crippen LogP contribution < -0.4 is 0 Å². The SMILES string of the molecule is CC(=O)O[C@@H]1C[C@@H]2[C@H](/C=C/CCC[C@H](C)OC(=O)/C=C/[C@H]2OC(C)=O)C1. The molecule has 1 saturated carbocycles. The molecular weight excluding hydrogens is 336 g/mol. The van der Waals surface area contributed by atoms with E-state index in [0.717, 1.165) is 19.3 Å². The fourth-order valence-electron chi connectivity index (χ4n) is 3.71. The van der Waals surface area contributed by atoms with Crippen LogP contribution in [0.15, 0.2) is 24.3 Å². The number of carbonyl (C=O) groups excluding carboxylic acids is 3. The average Bonchev–Trinajstić information content (AvgIpc) is 2.91. The number of allylic oxidation sites excluding steroid dienone is 2. The minimum atomic E-state index is -0.564. The minimum absolute atomic E-state index is 0.0540. The Morgan fingerprint density at radius 2 is 1.85 bits per heavy atom. The van der Waals surface area contributed by atoms with Crippen molar-refractivity contribution in [1.29, 1.82) is 0 Å². The fraction of sp³-hybridized carbons (Fsp3) is 0.650. The van der Waals surface area contributed by atoms with Crippen LogP contribution in [0.25, 0.3) is 0 Å². The zero-order valence-electron chi connectivity index (χ0n) is 15.7. The van der Waals surface area contributed by atoms with Crippen molar-refractivity contribution in [2.24, 2.45) is 11.8 Å². The highest BCUT2D eigenvalue weighted by atomic mass is 16.6. The molecule has 0 saturated heterocycles. The molecule has 1 heterocycles. The number of ether oxygens (including phenoxy) is 3. The highest BCUT2D eigenvalue weighted by Gasteiger charge is 2.40. The molecular formula is C20H28O6. The summed E-state index contributed by atoms with van der Waals surface area (Å²) < 4.78 is 16.2. The Hall–Kier alpha value is -2.11. The molecule has 2 aliphatic rings. The van der Waals surface area contributed by atoms with Crippen molar-refractivity contribution in [2.75, 3.05) is 0 Å². The van der Waals surface area contributed by atoms with Crippen LogP contribution in [0, 0.1) is 11.8 Å². The highest BCUT2D eigenvalue weighted by Crippen LogP contribution is 2.39. The van der Waals surface area contributed by atoms with Crippen LogP contribution in [0.4, 0.5) is 0 Å². The van der Waals surface area contributed by atoms with Crippen molar-refractivity contribution < 1.29 is 28.6 Å². The predicted octanol–water partition coefficient (Wildman–Crippen LogP) is 3.10. The molecule has 0 radical (unpaired) electrons. The molecule has 1 aliphatic heterocycles. The Kier molecular flexibility index (Phi) is 7.42. The van der Waals surface area contributed by atoms with E-state index in [0.29, 0.717) is 12.8 Å². The van der Waals surface area contributed by atoms with Gasteiger partial charge in [-0.15, -0.1) is 0 Å². The van der Waals surface area contributed by atoms with Crippen LogP contribution in [0.2, 0.25) is 0 Å². The van der Waals surface area contributed by atoms with Gasteiger partial charge in [0.1, 0.15) is 12.2 Å². The summed E-state index contributed by atoms with van der Waals surface area (Å²) in [5.41, 5.74) is 0. The van der Waals surface area contributed by atoms with E-state index in [9.17, 15) is 14.4 Å². The molecule has 0 aromatic heterocycles. The molecule has 1 aliphatic carbocycles. The van der Waals surface area contributed by atoms with Gasteiger partial charge in [-0.3, -0.25) is 9.59 Å². The first kappa shape index (κ1) is 20.2. The quantitative estimate of drug-likeness (QED) is 0.426. The number of fused-ring (bicyclic) bond motifs is 1. The van der Waals surface area contributed by atoms with Gasteiger partial charge in [-0.1, -0.05) is 12.2 Å². The van der Waals surface area contributed by atoms with E-state index < -0.39 is 18.0 Å². The lowest BCUT2D eigenvalue weighted by atomic mass is 9.89. The number of esters is 3. The Balaban J connectivity index is 2.24. The van der Waals surface area contributed by atoms with Gasteiger partial charge < -0.3 is 14.2 Å². The Bertz CT molecular complexity index is 579. The molecule has 6 nitrogen and oxygen atoms in total. The van der Waals surface area contributed by atoms with Crippen molar-refractivity contribution in [3.05, 3.63) is 24.3 Å². The van der Waals surface area contributed by atoms with Gasteiger partial charge in [0, 0.05) is 25.8 Å². The van der Waals surface area contributed by atoms with Crippen molar-refractivity contribution in [3.63, 3.8) is 0 Å². The highest BCUT2D eigenvalue weighted by molar-refractivity contribution is 5.82. The van der Waals surface area contributed by atoms with Crippen molar-refractivity contribution >= 4 is 17.9 Å². The largest absolute Gasteiger partial charge is 0.463 e. The maximum absolute atomic E-state index is 12.0. The van der Waals surface area contributed by atoms with E-state index in [-0.39, 0.29) is 30.0 Å². The molecule has 6 heteroatoms. The topological polar surface area (TPSA) is 78.9 Å². The first-order chi connectivity index (χ1) is 12.3. The predicted molar refractivity (Wildman–Crippen MR) is 95.0 cm³/mol. The van der Waals surface area contributed by atoms with E-state index in [4.69, 9.17) is 14.2 Å². The molecule has 0 N–H and O–H groups in total. The summed E-state index contributed by atoms with van der Waals surface area (Å²) in [6, 6.07) is 0. The van der Waals surface area contributed by atoms with Crippen LogP contribution in [-0.2, 0) is 28.6 Å². The Labute approximate surface area is 154 Å². The van der Waals surface area contributed by atoms with Crippen LogP contribution >= 0.6 is 0 Å². The maximum Gasteiger partial charge on any atom is 0.330 e. The van der Waals surface area contributed by atoms with Crippen molar-refractivity contribution in [1.82, 2.24) is 0 Å². The third-order valence-electron chi connectivity index (χ3n) is 4.78. The van der Waals surface area contributed by atoms with E-state index in [1.54, 1.807) is 6.08 Å². The van der Waals surface area contributed by atoms with Crippen LogP contribution in [0.5, 0.6) is 0 Å². The van der Waals surface area contributed by atoms with Crippen molar-refractivity contribution in [3.8, 4) is 0 Å². The standard InChI is InChI=1S/C20H28O6/c1-13-7-5-4-6-8-16-11-17(25-14(2)21)12-18(16)19(26-15(3)22)9-10-20(23)24-13/h6,8-10,13,16-19H,4-5,7,11-12H2,1-3H3/b8-6+,10-9+/t13-,16+,17-,18+,19+/m0/s1. The third-order valence-corrected chi connectivity index (χ3v) is 4.78. The Morgan fingerprint density at radius 3 is 2.54 bits per heavy atom. The monoisotopic (exact) mass is 364 g/mol. The molecule has 0 spiro atoms. The van der Waals surface area contributed by atoms with Crippen LogP contribution in [0.3, 0.4) is 0 Å². The first-order valence-corrected chi connectivity index (χ1v) is 9.25. The molecule has 0 aromatic rings. The third kappa shape index (κ3) is 6.32. The van der Waals surface area contributed by atoms with Gasteiger partial charge in [0.05, 0.1) is 6.10 Å². The zero-order valence-corrected chi connectivity index (χ0v) is 15.7. The summed E-state index contributed by atoms with van der Waals surface area (Å²) in [6.45, 7) is 4.61. The second-order valence-electron chi connectivity index (χ2n) is 7.07. The molecule has 26 heavy (non-hydrogen) atoms. The normalized spacial score (nSPS) is 34.9. The average molecular weight is 364 g/mol. The Morgan fingerprint density at radius 1 is 1.12 bits per heavy atom. The zero-order chi connectivity index (χ0) is 19.1. The van der Waals surface area contributed by atoms with E-state index >= 15 is 0 Å². The summed E-state index contributed by atoms with van der Waals surface area (Å²) in [7, 11) is 0. The molecule has 2 rings (SSSR count). The van der Waals surface area contributed by atoms with E-state index in [1.807, 2.05) is 6.92 Å². The van der Waals surface area contributed by atoms with Gasteiger partial charge in [-0.05, 0) is 51.0 Å². The molecule has 5 atom stereocenters. The molecule has 0 amide bonds. The van der Waals surface area contributed by atoms with Gasteiger partial charge in [0.2, 0.25) is 0 Å². The lowest BCUT2D eigenvalue weighted by molar-refractivity contribution is -0.149. The van der Waals surface area contributed by atoms with E-state index in [1.165, 1.54) is 19.9 Å². The second kappa shape index (κ2) is 9.55. The lowest BCUT2D eigenvalue weighted by Gasteiger charge is -2.24. The van der Waals surface area contributed by atoms with Gasteiger partial charge in [0.15, 0.2) is 0 Å². The molecule has 0 unspecified atom stereocenters. The fourth-order valence-corrected chi connectivity index (χ4v) is 3.71. The number of hydrogen-bond donors (Lipinski definition) is 0. The molecule has 0 aromatic carbocycles.